The van der Waals surface area contributed by atoms with Gasteiger partial charge in [-0.3, -0.25) is 19.4 Å². The van der Waals surface area contributed by atoms with E-state index in [4.69, 9.17) is 21.1 Å². The first kappa shape index (κ1) is 22.4. The number of ether oxygens (including phenoxy) is 2. The smallest absolute Gasteiger partial charge is 0.247 e. The van der Waals surface area contributed by atoms with Gasteiger partial charge in [-0.15, -0.1) is 0 Å². The van der Waals surface area contributed by atoms with E-state index in [2.05, 4.69) is 9.80 Å². The standard InChI is InChI=1S/C24H28ClN3O4/c1-31-21-8-3-17(15-22(21)32-2)9-10-28-23(29)16-20(24(28)30)27-13-11-26(12-14-27)19-6-4-18(25)5-7-19/h3-8,15,20H,9-14,16H2,1-2H3/t20-/m0/s1. The minimum Gasteiger partial charge on any atom is -0.493 e. The van der Waals surface area contributed by atoms with E-state index in [1.165, 1.54) is 4.90 Å². The molecule has 170 valence electrons. The second-order valence-electron chi connectivity index (χ2n) is 8.04. The van der Waals surface area contributed by atoms with Crippen molar-refractivity contribution in [3.63, 3.8) is 0 Å². The molecular weight excluding hydrogens is 430 g/mol. The van der Waals surface area contributed by atoms with Gasteiger partial charge in [0.05, 0.1) is 26.7 Å². The van der Waals surface area contributed by atoms with Crippen LogP contribution in [0.15, 0.2) is 42.5 Å². The quantitative estimate of drug-likeness (QED) is 0.596. The van der Waals surface area contributed by atoms with E-state index in [0.29, 0.717) is 24.5 Å². The molecule has 2 aliphatic heterocycles. The molecule has 0 bridgehead atoms. The van der Waals surface area contributed by atoms with Gasteiger partial charge in [0.25, 0.3) is 0 Å². The van der Waals surface area contributed by atoms with Gasteiger partial charge in [-0.1, -0.05) is 17.7 Å². The van der Waals surface area contributed by atoms with Crippen LogP contribution in [0, 0.1) is 0 Å². The second-order valence-corrected chi connectivity index (χ2v) is 8.48. The molecule has 32 heavy (non-hydrogen) atoms. The lowest BCUT2D eigenvalue weighted by Crippen LogP contribution is -2.52. The highest BCUT2D eigenvalue weighted by Gasteiger charge is 2.42. The molecule has 2 amide bonds. The monoisotopic (exact) mass is 457 g/mol. The first-order valence-electron chi connectivity index (χ1n) is 10.8. The summed E-state index contributed by atoms with van der Waals surface area (Å²) >= 11 is 5.98. The van der Waals surface area contributed by atoms with Crippen LogP contribution in [0.2, 0.25) is 5.02 Å². The van der Waals surface area contributed by atoms with Crippen LogP contribution in [0.25, 0.3) is 0 Å². The summed E-state index contributed by atoms with van der Waals surface area (Å²) in [5, 5.41) is 0.718. The number of halogens is 1. The molecule has 2 aromatic rings. The van der Waals surface area contributed by atoms with Crippen LogP contribution >= 0.6 is 11.6 Å². The lowest BCUT2D eigenvalue weighted by Gasteiger charge is -2.38. The summed E-state index contributed by atoms with van der Waals surface area (Å²) in [6.45, 7) is 3.48. The topological polar surface area (TPSA) is 62.3 Å². The summed E-state index contributed by atoms with van der Waals surface area (Å²) in [4.78, 5) is 31.5. The molecule has 2 saturated heterocycles. The van der Waals surface area contributed by atoms with Crippen LogP contribution in [0.4, 0.5) is 5.69 Å². The fourth-order valence-electron chi connectivity index (χ4n) is 4.41. The molecule has 0 unspecified atom stereocenters. The zero-order valence-electron chi connectivity index (χ0n) is 18.4. The van der Waals surface area contributed by atoms with E-state index in [-0.39, 0.29) is 24.3 Å². The lowest BCUT2D eigenvalue weighted by atomic mass is 10.1. The molecule has 8 heteroatoms. The molecule has 4 rings (SSSR count). The summed E-state index contributed by atoms with van der Waals surface area (Å²) in [6.07, 6.45) is 0.834. The molecule has 2 heterocycles. The van der Waals surface area contributed by atoms with Gasteiger partial charge >= 0.3 is 0 Å². The normalized spacial score (nSPS) is 19.5. The fraction of sp³-hybridized carbons (Fsp3) is 0.417. The van der Waals surface area contributed by atoms with E-state index in [1.807, 2.05) is 42.5 Å². The molecule has 2 aliphatic rings. The SMILES string of the molecule is COc1ccc(CCN2C(=O)C[C@H](N3CCN(c4ccc(Cl)cc4)CC3)C2=O)cc1OC. The Labute approximate surface area is 193 Å². The van der Waals surface area contributed by atoms with Crippen molar-refractivity contribution in [1.29, 1.82) is 0 Å². The summed E-state index contributed by atoms with van der Waals surface area (Å²) in [5.41, 5.74) is 2.11. The van der Waals surface area contributed by atoms with Crippen LogP contribution in [0.3, 0.4) is 0 Å². The molecule has 1 atom stereocenters. The number of methoxy groups -OCH3 is 2. The Morgan fingerprint density at radius 3 is 2.28 bits per heavy atom. The highest BCUT2D eigenvalue weighted by atomic mass is 35.5. The molecule has 0 radical (unpaired) electrons. The minimum absolute atomic E-state index is 0.0876. The Balaban J connectivity index is 1.33. The molecular formula is C24H28ClN3O4. The number of anilines is 1. The summed E-state index contributed by atoms with van der Waals surface area (Å²) < 4.78 is 10.6. The number of imide groups is 1. The number of carbonyl (C=O) groups excluding carboxylic acids is 2. The number of hydrogen-bond donors (Lipinski definition) is 0. The number of amides is 2. The van der Waals surface area contributed by atoms with E-state index in [9.17, 15) is 9.59 Å². The van der Waals surface area contributed by atoms with Gasteiger partial charge in [0.15, 0.2) is 11.5 Å². The number of benzene rings is 2. The van der Waals surface area contributed by atoms with Crippen molar-refractivity contribution in [3.05, 3.63) is 53.1 Å². The Morgan fingerprint density at radius 1 is 0.938 bits per heavy atom. The van der Waals surface area contributed by atoms with Crippen LogP contribution < -0.4 is 14.4 Å². The lowest BCUT2D eigenvalue weighted by molar-refractivity contribution is -0.139. The highest BCUT2D eigenvalue weighted by molar-refractivity contribution is 6.30. The fourth-order valence-corrected chi connectivity index (χ4v) is 4.53. The first-order valence-corrected chi connectivity index (χ1v) is 11.2. The van der Waals surface area contributed by atoms with Crippen molar-refractivity contribution < 1.29 is 19.1 Å². The highest BCUT2D eigenvalue weighted by Crippen LogP contribution is 2.28. The van der Waals surface area contributed by atoms with E-state index < -0.39 is 0 Å². The van der Waals surface area contributed by atoms with Gasteiger partial charge in [0.2, 0.25) is 11.8 Å². The number of piperazine rings is 1. The molecule has 0 aliphatic carbocycles. The molecule has 0 N–H and O–H groups in total. The van der Waals surface area contributed by atoms with Gasteiger partial charge in [-0.25, -0.2) is 0 Å². The van der Waals surface area contributed by atoms with Crippen LogP contribution in [-0.2, 0) is 16.0 Å². The maximum Gasteiger partial charge on any atom is 0.247 e. The number of rotatable bonds is 7. The van der Waals surface area contributed by atoms with Crippen molar-refractivity contribution >= 4 is 29.1 Å². The van der Waals surface area contributed by atoms with Crippen molar-refractivity contribution in [1.82, 2.24) is 9.80 Å². The minimum atomic E-state index is -0.361. The molecule has 2 aromatic carbocycles. The molecule has 7 nitrogen and oxygen atoms in total. The third-order valence-electron chi connectivity index (χ3n) is 6.24. The average Bonchev–Trinajstić information content (AvgIpc) is 3.11. The second kappa shape index (κ2) is 9.79. The third-order valence-corrected chi connectivity index (χ3v) is 6.49. The van der Waals surface area contributed by atoms with Crippen molar-refractivity contribution in [3.8, 4) is 11.5 Å². The van der Waals surface area contributed by atoms with Gasteiger partial charge < -0.3 is 14.4 Å². The van der Waals surface area contributed by atoms with Gasteiger partial charge in [0.1, 0.15) is 0 Å². The van der Waals surface area contributed by atoms with Crippen LogP contribution in [0.5, 0.6) is 11.5 Å². The van der Waals surface area contributed by atoms with Crippen LogP contribution in [-0.4, -0.2) is 74.6 Å². The van der Waals surface area contributed by atoms with E-state index in [0.717, 1.165) is 42.5 Å². The van der Waals surface area contributed by atoms with Gasteiger partial charge in [0, 0.05) is 43.4 Å². The molecule has 0 aromatic heterocycles. The zero-order chi connectivity index (χ0) is 22.7. The predicted molar refractivity (Wildman–Crippen MR) is 124 cm³/mol. The van der Waals surface area contributed by atoms with Gasteiger partial charge in [-0.2, -0.15) is 0 Å². The Kier molecular flexibility index (Phi) is 6.86. The predicted octanol–water partition coefficient (Wildman–Crippen LogP) is 2.85. The summed E-state index contributed by atoms with van der Waals surface area (Å²) in [6, 6.07) is 13.1. The third kappa shape index (κ3) is 4.69. The maximum absolute atomic E-state index is 13.0. The Hall–Kier alpha value is -2.77. The number of carbonyl (C=O) groups is 2. The van der Waals surface area contributed by atoms with Crippen LogP contribution in [0.1, 0.15) is 12.0 Å². The first-order chi connectivity index (χ1) is 15.5. The molecule has 2 fully saturated rings. The van der Waals surface area contributed by atoms with Crippen molar-refractivity contribution in [2.45, 2.75) is 18.9 Å². The van der Waals surface area contributed by atoms with E-state index in [1.54, 1.807) is 14.2 Å². The number of nitrogens with zero attached hydrogens (tertiary/aromatic N) is 3. The Bertz CT molecular complexity index is 974. The number of hydrogen-bond acceptors (Lipinski definition) is 6. The number of likely N-dealkylation sites (tertiary alicyclic amines) is 1. The zero-order valence-corrected chi connectivity index (χ0v) is 19.2. The average molecular weight is 458 g/mol. The summed E-state index contributed by atoms with van der Waals surface area (Å²) in [5.74, 6) is 1.11. The molecule has 0 spiro atoms. The van der Waals surface area contributed by atoms with E-state index >= 15 is 0 Å². The Morgan fingerprint density at radius 2 is 1.62 bits per heavy atom. The van der Waals surface area contributed by atoms with Gasteiger partial charge in [-0.05, 0) is 48.4 Å². The van der Waals surface area contributed by atoms with Crippen molar-refractivity contribution in [2.75, 3.05) is 51.8 Å². The van der Waals surface area contributed by atoms with Crippen molar-refractivity contribution in [2.24, 2.45) is 0 Å². The largest absolute Gasteiger partial charge is 0.493 e. The molecule has 0 saturated carbocycles. The summed E-state index contributed by atoms with van der Waals surface area (Å²) in [7, 11) is 3.18. The maximum atomic E-state index is 13.0.